The Labute approximate surface area is 118 Å². The first-order valence-electron chi connectivity index (χ1n) is 6.17. The largest absolute Gasteiger partial charge is 0.334 e. The van der Waals surface area contributed by atoms with E-state index >= 15 is 0 Å². The highest BCUT2D eigenvalue weighted by Crippen LogP contribution is 2.18. The van der Waals surface area contributed by atoms with Crippen LogP contribution in [0.25, 0.3) is 11.5 Å². The standard InChI is InChI=1S/C13H17N3O3S/c1-10-5-4-6-11(9-10)13-14-12(15-19-13)7-8-16(2)20(3,17)18/h4-6,9H,7-8H2,1-3H3. The Kier molecular flexibility index (Phi) is 4.20. The van der Waals surface area contributed by atoms with Gasteiger partial charge in [0.25, 0.3) is 5.89 Å². The molecule has 1 aromatic heterocycles. The fraction of sp³-hybridized carbons (Fsp3) is 0.385. The summed E-state index contributed by atoms with van der Waals surface area (Å²) in [7, 11) is -1.65. The number of aryl methyl sites for hydroxylation is 1. The van der Waals surface area contributed by atoms with Crippen LogP contribution in [0.1, 0.15) is 11.4 Å². The van der Waals surface area contributed by atoms with Gasteiger partial charge in [0.2, 0.25) is 10.0 Å². The monoisotopic (exact) mass is 295 g/mol. The molecule has 6 nitrogen and oxygen atoms in total. The molecule has 0 N–H and O–H groups in total. The minimum atomic E-state index is -3.18. The molecular weight excluding hydrogens is 278 g/mol. The minimum absolute atomic E-state index is 0.325. The lowest BCUT2D eigenvalue weighted by Gasteiger charge is -2.11. The fourth-order valence-electron chi connectivity index (χ4n) is 1.67. The van der Waals surface area contributed by atoms with Crippen LogP contribution in [0.2, 0.25) is 0 Å². The maximum absolute atomic E-state index is 11.3. The number of nitrogens with zero attached hydrogens (tertiary/aromatic N) is 3. The van der Waals surface area contributed by atoms with Crippen molar-refractivity contribution in [3.05, 3.63) is 35.7 Å². The van der Waals surface area contributed by atoms with E-state index in [0.29, 0.717) is 24.7 Å². The van der Waals surface area contributed by atoms with E-state index in [1.165, 1.54) is 17.6 Å². The Morgan fingerprint density at radius 3 is 2.75 bits per heavy atom. The van der Waals surface area contributed by atoms with E-state index in [2.05, 4.69) is 10.1 Å². The zero-order valence-corrected chi connectivity index (χ0v) is 12.5. The third-order valence-electron chi connectivity index (χ3n) is 2.95. The molecule has 0 bridgehead atoms. The number of benzene rings is 1. The Balaban J connectivity index is 2.06. The molecule has 0 amide bonds. The van der Waals surface area contributed by atoms with Gasteiger partial charge in [-0.3, -0.25) is 0 Å². The molecule has 108 valence electrons. The van der Waals surface area contributed by atoms with Crippen molar-refractivity contribution in [2.75, 3.05) is 19.8 Å². The fourth-order valence-corrected chi connectivity index (χ4v) is 2.10. The summed E-state index contributed by atoms with van der Waals surface area (Å²) in [5.74, 6) is 0.947. The molecule has 0 aliphatic rings. The maximum atomic E-state index is 11.3. The van der Waals surface area contributed by atoms with Gasteiger partial charge >= 0.3 is 0 Å². The summed E-state index contributed by atoms with van der Waals surface area (Å²) >= 11 is 0. The number of sulfonamides is 1. The van der Waals surface area contributed by atoms with E-state index in [-0.39, 0.29) is 0 Å². The second-order valence-corrected chi connectivity index (χ2v) is 6.81. The SMILES string of the molecule is Cc1cccc(-c2nc(CCN(C)S(C)(=O)=O)no2)c1. The molecule has 2 aromatic rings. The van der Waals surface area contributed by atoms with Gasteiger partial charge in [0.1, 0.15) is 0 Å². The predicted octanol–water partition coefficient (Wildman–Crippen LogP) is 1.48. The normalized spacial score (nSPS) is 12.0. The highest BCUT2D eigenvalue weighted by Gasteiger charge is 2.13. The molecule has 1 aromatic carbocycles. The molecule has 7 heteroatoms. The van der Waals surface area contributed by atoms with Crippen LogP contribution in [0.3, 0.4) is 0 Å². The summed E-state index contributed by atoms with van der Waals surface area (Å²) in [6, 6.07) is 7.76. The molecule has 2 rings (SSSR count). The number of rotatable bonds is 5. The molecule has 0 saturated carbocycles. The van der Waals surface area contributed by atoms with Gasteiger partial charge in [0.05, 0.1) is 6.26 Å². The van der Waals surface area contributed by atoms with Crippen LogP contribution < -0.4 is 0 Å². The molecule has 0 atom stereocenters. The molecule has 1 heterocycles. The average molecular weight is 295 g/mol. The first-order valence-corrected chi connectivity index (χ1v) is 8.02. The van der Waals surface area contributed by atoms with Gasteiger partial charge in [-0.05, 0) is 19.1 Å². The molecule has 0 aliphatic heterocycles. The highest BCUT2D eigenvalue weighted by molar-refractivity contribution is 7.88. The van der Waals surface area contributed by atoms with Gasteiger partial charge in [-0.15, -0.1) is 0 Å². The zero-order valence-electron chi connectivity index (χ0n) is 11.7. The van der Waals surface area contributed by atoms with Crippen molar-refractivity contribution in [1.29, 1.82) is 0 Å². The third kappa shape index (κ3) is 3.64. The number of aromatic nitrogens is 2. The Morgan fingerprint density at radius 1 is 1.35 bits per heavy atom. The van der Waals surface area contributed by atoms with E-state index < -0.39 is 10.0 Å². The molecule has 20 heavy (non-hydrogen) atoms. The van der Waals surface area contributed by atoms with Crippen molar-refractivity contribution in [2.45, 2.75) is 13.3 Å². The molecule has 0 aliphatic carbocycles. The second kappa shape index (κ2) is 5.72. The van der Waals surface area contributed by atoms with E-state index in [9.17, 15) is 8.42 Å². The van der Waals surface area contributed by atoms with Crippen LogP contribution in [0, 0.1) is 6.92 Å². The first-order chi connectivity index (χ1) is 9.36. The van der Waals surface area contributed by atoms with Crippen molar-refractivity contribution in [2.24, 2.45) is 0 Å². The van der Waals surface area contributed by atoms with Crippen LogP contribution in [-0.4, -0.2) is 42.7 Å². The van der Waals surface area contributed by atoms with Crippen molar-refractivity contribution in [1.82, 2.24) is 14.4 Å². The molecule has 0 unspecified atom stereocenters. The van der Waals surface area contributed by atoms with E-state index in [0.717, 1.165) is 11.1 Å². The van der Waals surface area contributed by atoms with Crippen molar-refractivity contribution >= 4 is 10.0 Å². The summed E-state index contributed by atoms with van der Waals surface area (Å²) < 4.78 is 29.0. The van der Waals surface area contributed by atoms with E-state index in [1.807, 2.05) is 31.2 Å². The lowest BCUT2D eigenvalue weighted by molar-refractivity contribution is 0.416. The molecular formula is C13H17N3O3S. The number of hydrogen-bond donors (Lipinski definition) is 0. The van der Waals surface area contributed by atoms with Gasteiger partial charge in [-0.25, -0.2) is 12.7 Å². The second-order valence-electron chi connectivity index (χ2n) is 4.72. The van der Waals surface area contributed by atoms with Crippen LogP contribution in [0.15, 0.2) is 28.8 Å². The summed E-state index contributed by atoms with van der Waals surface area (Å²) in [5.41, 5.74) is 1.97. The predicted molar refractivity (Wildman–Crippen MR) is 75.6 cm³/mol. The van der Waals surface area contributed by atoms with Crippen molar-refractivity contribution in [3.8, 4) is 11.5 Å². The minimum Gasteiger partial charge on any atom is -0.334 e. The topological polar surface area (TPSA) is 76.3 Å². The van der Waals surface area contributed by atoms with Gasteiger partial charge in [-0.1, -0.05) is 22.9 Å². The van der Waals surface area contributed by atoms with Crippen LogP contribution in [0.4, 0.5) is 0 Å². The Morgan fingerprint density at radius 2 is 2.10 bits per heavy atom. The van der Waals surface area contributed by atoms with Gasteiger partial charge < -0.3 is 4.52 Å². The van der Waals surface area contributed by atoms with E-state index in [4.69, 9.17) is 4.52 Å². The van der Waals surface area contributed by atoms with Crippen LogP contribution in [-0.2, 0) is 16.4 Å². The highest BCUT2D eigenvalue weighted by atomic mass is 32.2. The summed E-state index contributed by atoms with van der Waals surface area (Å²) in [6.45, 7) is 2.31. The smallest absolute Gasteiger partial charge is 0.257 e. The Bertz CT molecular complexity index is 694. The van der Waals surface area contributed by atoms with Gasteiger partial charge in [-0.2, -0.15) is 4.98 Å². The molecule has 0 radical (unpaired) electrons. The quantitative estimate of drug-likeness (QED) is 0.835. The molecule has 0 saturated heterocycles. The Hall–Kier alpha value is -1.73. The third-order valence-corrected chi connectivity index (χ3v) is 4.26. The lowest BCUT2D eigenvalue weighted by Crippen LogP contribution is -2.27. The number of hydrogen-bond acceptors (Lipinski definition) is 5. The van der Waals surface area contributed by atoms with Crippen molar-refractivity contribution < 1.29 is 12.9 Å². The average Bonchev–Trinajstić information content (AvgIpc) is 2.83. The van der Waals surface area contributed by atoms with Crippen LogP contribution >= 0.6 is 0 Å². The molecule has 0 spiro atoms. The summed E-state index contributed by atoms with van der Waals surface area (Å²) in [6.07, 6.45) is 1.58. The first kappa shape index (κ1) is 14.7. The molecule has 0 fully saturated rings. The van der Waals surface area contributed by atoms with Gasteiger partial charge in [0.15, 0.2) is 5.82 Å². The van der Waals surface area contributed by atoms with Crippen molar-refractivity contribution in [3.63, 3.8) is 0 Å². The van der Waals surface area contributed by atoms with Gasteiger partial charge in [0, 0.05) is 25.6 Å². The number of likely N-dealkylation sites (N-methyl/N-ethyl adjacent to an activating group) is 1. The zero-order chi connectivity index (χ0) is 14.8. The van der Waals surface area contributed by atoms with E-state index in [1.54, 1.807) is 0 Å². The lowest BCUT2D eigenvalue weighted by atomic mass is 10.1. The summed E-state index contributed by atoms with van der Waals surface area (Å²) in [5, 5.41) is 3.87. The summed E-state index contributed by atoms with van der Waals surface area (Å²) in [4.78, 5) is 4.28. The van der Waals surface area contributed by atoms with Crippen LogP contribution in [0.5, 0.6) is 0 Å². The maximum Gasteiger partial charge on any atom is 0.257 e.